The number of aromatic nitrogens is 3. The molecule has 2 fully saturated rings. The van der Waals surface area contributed by atoms with E-state index in [9.17, 15) is 4.79 Å². The first-order valence-electron chi connectivity index (χ1n) is 8.55. The number of amides is 1. The van der Waals surface area contributed by atoms with Gasteiger partial charge in [0.1, 0.15) is 5.82 Å². The highest BCUT2D eigenvalue weighted by atomic mass is 32.2. The van der Waals surface area contributed by atoms with Gasteiger partial charge in [-0.05, 0) is 25.7 Å². The lowest BCUT2D eigenvalue weighted by Crippen LogP contribution is -2.33. The Morgan fingerprint density at radius 2 is 1.82 bits per heavy atom. The van der Waals surface area contributed by atoms with Crippen LogP contribution in [0.2, 0.25) is 0 Å². The molecular weight excluding hydrogens is 296 g/mol. The number of nitrogens with zero attached hydrogens (tertiary/aromatic N) is 3. The summed E-state index contributed by atoms with van der Waals surface area (Å²) in [4.78, 5) is 12.0. The monoisotopic (exact) mass is 322 g/mol. The van der Waals surface area contributed by atoms with E-state index >= 15 is 0 Å². The highest BCUT2D eigenvalue weighted by molar-refractivity contribution is 7.99. The first-order chi connectivity index (χ1) is 10.7. The van der Waals surface area contributed by atoms with Gasteiger partial charge in [-0.3, -0.25) is 4.79 Å². The average Bonchev–Trinajstić information content (AvgIpc) is 3.16. The first kappa shape index (κ1) is 15.8. The Labute approximate surface area is 136 Å². The summed E-state index contributed by atoms with van der Waals surface area (Å²) in [5.74, 6) is 2.21. The smallest absolute Gasteiger partial charge is 0.230 e. The van der Waals surface area contributed by atoms with Gasteiger partial charge in [-0.2, -0.15) is 0 Å². The number of thioether (sulfide) groups is 1. The Morgan fingerprint density at radius 3 is 2.55 bits per heavy atom. The van der Waals surface area contributed by atoms with E-state index in [1.807, 2.05) is 7.05 Å². The molecule has 122 valence electrons. The Balaban J connectivity index is 1.51. The van der Waals surface area contributed by atoms with Gasteiger partial charge in [0, 0.05) is 19.0 Å². The normalized spacial score (nSPS) is 20.4. The summed E-state index contributed by atoms with van der Waals surface area (Å²) in [5.41, 5.74) is 0. The van der Waals surface area contributed by atoms with Crippen LogP contribution in [0.3, 0.4) is 0 Å². The molecule has 2 aliphatic rings. The van der Waals surface area contributed by atoms with Crippen LogP contribution in [0.5, 0.6) is 0 Å². The summed E-state index contributed by atoms with van der Waals surface area (Å²) in [6.07, 6.45) is 11.1. The predicted molar refractivity (Wildman–Crippen MR) is 88.0 cm³/mol. The standard InChI is InChI=1S/C16H26N4OS/c1-20-15(12-7-3-2-4-8-12)18-19-16(20)22-11-14(21)17-13-9-5-6-10-13/h12-13H,2-11H2,1H3,(H,17,21). The Kier molecular flexibility index (Phi) is 5.39. The largest absolute Gasteiger partial charge is 0.353 e. The maximum Gasteiger partial charge on any atom is 0.230 e. The highest BCUT2D eigenvalue weighted by Gasteiger charge is 2.22. The maximum atomic E-state index is 12.0. The number of rotatable bonds is 5. The Morgan fingerprint density at radius 1 is 1.14 bits per heavy atom. The molecule has 1 N–H and O–H groups in total. The van der Waals surface area contributed by atoms with Gasteiger partial charge in [0.2, 0.25) is 5.91 Å². The van der Waals surface area contributed by atoms with E-state index in [-0.39, 0.29) is 5.91 Å². The number of carbonyl (C=O) groups excluding carboxylic acids is 1. The Bertz CT molecular complexity index is 504. The molecular formula is C16H26N4OS. The van der Waals surface area contributed by atoms with E-state index in [0.29, 0.717) is 17.7 Å². The van der Waals surface area contributed by atoms with Crippen LogP contribution in [0.1, 0.15) is 69.5 Å². The second-order valence-corrected chi connectivity index (χ2v) is 7.51. The molecule has 1 heterocycles. The number of nitrogens with one attached hydrogen (secondary N) is 1. The molecule has 0 bridgehead atoms. The van der Waals surface area contributed by atoms with Crippen LogP contribution in [-0.4, -0.2) is 32.5 Å². The summed E-state index contributed by atoms with van der Waals surface area (Å²) in [5, 5.41) is 12.7. The zero-order valence-corrected chi connectivity index (χ0v) is 14.2. The van der Waals surface area contributed by atoms with Crippen LogP contribution in [0, 0.1) is 0 Å². The third-order valence-corrected chi connectivity index (χ3v) is 5.91. The van der Waals surface area contributed by atoms with Crippen molar-refractivity contribution >= 4 is 17.7 Å². The van der Waals surface area contributed by atoms with Crippen molar-refractivity contribution in [3.63, 3.8) is 0 Å². The Hall–Kier alpha value is -1.04. The molecule has 0 aliphatic heterocycles. The van der Waals surface area contributed by atoms with E-state index in [0.717, 1.165) is 23.8 Å². The topological polar surface area (TPSA) is 59.8 Å². The van der Waals surface area contributed by atoms with Gasteiger partial charge in [0.05, 0.1) is 5.75 Å². The van der Waals surface area contributed by atoms with Crippen molar-refractivity contribution in [2.24, 2.45) is 7.05 Å². The minimum Gasteiger partial charge on any atom is -0.353 e. The lowest BCUT2D eigenvalue weighted by molar-refractivity contribution is -0.119. The van der Waals surface area contributed by atoms with Gasteiger partial charge in [0.15, 0.2) is 5.16 Å². The predicted octanol–water partition coefficient (Wildman–Crippen LogP) is 3.01. The SMILES string of the molecule is Cn1c(SCC(=O)NC2CCCC2)nnc1C1CCCCC1. The van der Waals surface area contributed by atoms with Crippen LogP contribution >= 0.6 is 11.8 Å². The van der Waals surface area contributed by atoms with Crippen LogP contribution in [0.15, 0.2) is 5.16 Å². The third-order valence-electron chi connectivity index (χ3n) is 4.89. The summed E-state index contributed by atoms with van der Waals surface area (Å²) in [6.45, 7) is 0. The summed E-state index contributed by atoms with van der Waals surface area (Å²) < 4.78 is 2.09. The fourth-order valence-corrected chi connectivity index (χ4v) is 4.37. The van der Waals surface area contributed by atoms with E-state index in [1.165, 1.54) is 56.7 Å². The third kappa shape index (κ3) is 3.83. The molecule has 0 atom stereocenters. The molecule has 0 unspecified atom stereocenters. The van der Waals surface area contributed by atoms with Crippen molar-refractivity contribution in [1.82, 2.24) is 20.1 Å². The molecule has 3 rings (SSSR count). The lowest BCUT2D eigenvalue weighted by Gasteiger charge is -2.20. The van der Waals surface area contributed by atoms with Crippen LogP contribution < -0.4 is 5.32 Å². The molecule has 5 nitrogen and oxygen atoms in total. The minimum atomic E-state index is 0.124. The van der Waals surface area contributed by atoms with Crippen molar-refractivity contribution in [3.8, 4) is 0 Å². The number of carbonyl (C=O) groups is 1. The van der Waals surface area contributed by atoms with Crippen LogP contribution in [0.4, 0.5) is 0 Å². The molecule has 1 amide bonds. The quantitative estimate of drug-likeness (QED) is 0.847. The zero-order chi connectivity index (χ0) is 15.4. The van der Waals surface area contributed by atoms with Gasteiger partial charge in [-0.15, -0.1) is 10.2 Å². The first-order valence-corrected chi connectivity index (χ1v) is 9.54. The molecule has 0 spiro atoms. The summed E-state index contributed by atoms with van der Waals surface area (Å²) in [7, 11) is 2.03. The number of hydrogen-bond acceptors (Lipinski definition) is 4. The summed E-state index contributed by atoms with van der Waals surface area (Å²) in [6, 6.07) is 0.394. The van der Waals surface area contributed by atoms with E-state index in [1.54, 1.807) is 0 Å². The van der Waals surface area contributed by atoms with Gasteiger partial charge < -0.3 is 9.88 Å². The molecule has 1 aromatic rings. The van der Waals surface area contributed by atoms with E-state index in [2.05, 4.69) is 20.1 Å². The maximum absolute atomic E-state index is 12.0. The van der Waals surface area contributed by atoms with Gasteiger partial charge in [0.25, 0.3) is 0 Å². The molecule has 2 aliphatic carbocycles. The van der Waals surface area contributed by atoms with Crippen molar-refractivity contribution in [3.05, 3.63) is 5.82 Å². The molecule has 22 heavy (non-hydrogen) atoms. The van der Waals surface area contributed by atoms with E-state index < -0.39 is 0 Å². The molecule has 6 heteroatoms. The molecule has 0 radical (unpaired) electrons. The second kappa shape index (κ2) is 7.49. The molecule has 2 saturated carbocycles. The van der Waals surface area contributed by atoms with Crippen molar-refractivity contribution < 1.29 is 4.79 Å². The fraction of sp³-hybridized carbons (Fsp3) is 0.812. The molecule has 1 aromatic heterocycles. The molecule has 0 aromatic carbocycles. The van der Waals surface area contributed by atoms with Gasteiger partial charge in [-0.25, -0.2) is 0 Å². The highest BCUT2D eigenvalue weighted by Crippen LogP contribution is 2.32. The van der Waals surface area contributed by atoms with Crippen molar-refractivity contribution in [1.29, 1.82) is 0 Å². The van der Waals surface area contributed by atoms with Crippen LogP contribution in [-0.2, 0) is 11.8 Å². The average molecular weight is 322 g/mol. The molecule has 0 saturated heterocycles. The van der Waals surface area contributed by atoms with Crippen LogP contribution in [0.25, 0.3) is 0 Å². The van der Waals surface area contributed by atoms with Gasteiger partial charge >= 0.3 is 0 Å². The number of hydrogen-bond donors (Lipinski definition) is 1. The minimum absolute atomic E-state index is 0.124. The second-order valence-electron chi connectivity index (χ2n) is 6.57. The fourth-order valence-electron chi connectivity index (χ4n) is 3.64. The summed E-state index contributed by atoms with van der Waals surface area (Å²) >= 11 is 1.50. The van der Waals surface area contributed by atoms with Crippen molar-refractivity contribution in [2.75, 3.05) is 5.75 Å². The van der Waals surface area contributed by atoms with E-state index in [4.69, 9.17) is 0 Å². The van der Waals surface area contributed by atoms with Crippen molar-refractivity contribution in [2.45, 2.75) is 74.9 Å². The zero-order valence-electron chi connectivity index (χ0n) is 13.4. The van der Waals surface area contributed by atoms with Gasteiger partial charge in [-0.1, -0.05) is 43.9 Å². The lowest BCUT2D eigenvalue weighted by atomic mass is 9.89.